The summed E-state index contributed by atoms with van der Waals surface area (Å²) in [6, 6.07) is 7.75. The van der Waals surface area contributed by atoms with Crippen LogP contribution in [0.15, 0.2) is 24.3 Å². The zero-order valence-corrected chi connectivity index (χ0v) is 17.7. The molecule has 30 heavy (non-hydrogen) atoms. The van der Waals surface area contributed by atoms with E-state index < -0.39 is 12.1 Å². The summed E-state index contributed by atoms with van der Waals surface area (Å²) < 4.78 is 37.4. The van der Waals surface area contributed by atoms with E-state index >= 15 is 0 Å². The number of fused-ring (bicyclic) bond motifs is 1. The smallest absolute Gasteiger partial charge is 0.475 e. The van der Waals surface area contributed by atoms with Crippen LogP contribution in [0.5, 0.6) is 0 Å². The van der Waals surface area contributed by atoms with Crippen LogP contribution in [0.2, 0.25) is 5.02 Å². The van der Waals surface area contributed by atoms with Crippen LogP contribution in [0.4, 0.5) is 13.2 Å². The van der Waals surface area contributed by atoms with E-state index in [-0.39, 0.29) is 11.3 Å². The van der Waals surface area contributed by atoms with Gasteiger partial charge in [0.15, 0.2) is 0 Å². The quantitative estimate of drug-likeness (QED) is 0.747. The second kappa shape index (κ2) is 9.98. The lowest BCUT2D eigenvalue weighted by Gasteiger charge is -2.30. The Hall–Kier alpha value is -1.84. The summed E-state index contributed by atoms with van der Waals surface area (Å²) >= 11 is 5.90. The number of benzene rings is 1. The number of ether oxygens (including phenoxy) is 1. The number of carbonyl (C=O) groups excluding carboxylic acids is 1. The van der Waals surface area contributed by atoms with Gasteiger partial charge in [0, 0.05) is 42.4 Å². The van der Waals surface area contributed by atoms with Gasteiger partial charge in [-0.25, -0.2) is 4.79 Å². The molecule has 0 aromatic heterocycles. The molecular weight excluding hydrogens is 425 g/mol. The predicted molar refractivity (Wildman–Crippen MR) is 105 cm³/mol. The summed E-state index contributed by atoms with van der Waals surface area (Å²) in [4.78, 5) is 25.7. The van der Waals surface area contributed by atoms with Crippen molar-refractivity contribution >= 4 is 23.5 Å². The van der Waals surface area contributed by atoms with Gasteiger partial charge in [-0.3, -0.25) is 4.79 Å². The van der Waals surface area contributed by atoms with Crippen LogP contribution in [0.1, 0.15) is 12.0 Å². The van der Waals surface area contributed by atoms with E-state index in [0.717, 1.165) is 49.9 Å². The molecule has 2 aliphatic heterocycles. The third kappa shape index (κ3) is 6.58. The number of aryl methyl sites for hydroxylation is 1. The number of hydrogen-bond acceptors (Lipinski definition) is 4. The highest BCUT2D eigenvalue weighted by atomic mass is 35.5. The maximum atomic E-state index is 12.6. The number of amides is 1. The first-order valence-electron chi connectivity index (χ1n) is 9.48. The van der Waals surface area contributed by atoms with Gasteiger partial charge in [0.2, 0.25) is 5.91 Å². The molecule has 168 valence electrons. The molecule has 1 aromatic rings. The molecule has 2 saturated heterocycles. The summed E-state index contributed by atoms with van der Waals surface area (Å²) in [5, 5.41) is 7.86. The van der Waals surface area contributed by atoms with Crippen molar-refractivity contribution in [3.63, 3.8) is 0 Å². The van der Waals surface area contributed by atoms with Gasteiger partial charge in [-0.2, -0.15) is 13.2 Å². The number of halogens is 4. The normalized spacial score (nSPS) is 23.2. The molecule has 1 N–H and O–H groups in total. The molecule has 2 atom stereocenters. The second-order valence-electron chi connectivity index (χ2n) is 8.02. The van der Waals surface area contributed by atoms with Gasteiger partial charge < -0.3 is 19.6 Å². The van der Waals surface area contributed by atoms with E-state index in [9.17, 15) is 18.0 Å². The van der Waals surface area contributed by atoms with Crippen molar-refractivity contribution in [1.29, 1.82) is 0 Å². The summed E-state index contributed by atoms with van der Waals surface area (Å²) in [6.45, 7) is 4.22. The molecule has 0 bridgehead atoms. The number of carbonyl (C=O) groups is 2. The van der Waals surface area contributed by atoms with Crippen LogP contribution in [0.3, 0.4) is 0 Å². The largest absolute Gasteiger partial charge is 0.490 e. The molecule has 10 heteroatoms. The maximum Gasteiger partial charge on any atom is 0.490 e. The Bertz CT molecular complexity index is 743. The Morgan fingerprint density at radius 1 is 1.30 bits per heavy atom. The first-order chi connectivity index (χ1) is 13.9. The van der Waals surface area contributed by atoms with Crippen LogP contribution in [0.25, 0.3) is 0 Å². The van der Waals surface area contributed by atoms with Gasteiger partial charge in [-0.1, -0.05) is 23.7 Å². The number of carboxylic acids is 1. The number of alkyl halides is 3. The van der Waals surface area contributed by atoms with Crippen molar-refractivity contribution in [1.82, 2.24) is 9.80 Å². The van der Waals surface area contributed by atoms with E-state index in [0.29, 0.717) is 12.3 Å². The SMILES string of the molecule is CN(C)C[C@]12COC[C@H]1CN(C(=O)CCc1ccc(Cl)cc1)C2.O=C(O)C(F)(F)F. The van der Waals surface area contributed by atoms with Crippen molar-refractivity contribution < 1.29 is 32.6 Å². The summed E-state index contributed by atoms with van der Waals surface area (Å²) in [5.74, 6) is -2.02. The van der Waals surface area contributed by atoms with Gasteiger partial charge in [0.25, 0.3) is 0 Å². The Morgan fingerprint density at radius 3 is 2.43 bits per heavy atom. The molecule has 0 radical (unpaired) electrons. The first-order valence-corrected chi connectivity index (χ1v) is 9.85. The van der Waals surface area contributed by atoms with Crippen LogP contribution in [-0.4, -0.2) is 79.9 Å². The third-order valence-electron chi connectivity index (χ3n) is 5.29. The van der Waals surface area contributed by atoms with Crippen molar-refractivity contribution in [3.05, 3.63) is 34.9 Å². The highest BCUT2D eigenvalue weighted by Gasteiger charge is 2.51. The maximum absolute atomic E-state index is 12.6. The molecular formula is C20H26ClF3N2O4. The zero-order valence-electron chi connectivity index (χ0n) is 16.9. The van der Waals surface area contributed by atoms with Gasteiger partial charge in [0.05, 0.1) is 13.2 Å². The number of likely N-dealkylation sites (tertiary alicyclic amines) is 1. The highest BCUT2D eigenvalue weighted by Crippen LogP contribution is 2.41. The van der Waals surface area contributed by atoms with E-state index in [2.05, 4.69) is 19.0 Å². The number of carboxylic acid groups (broad SMARTS) is 1. The van der Waals surface area contributed by atoms with Crippen LogP contribution >= 0.6 is 11.6 Å². The Morgan fingerprint density at radius 2 is 1.90 bits per heavy atom. The molecule has 0 unspecified atom stereocenters. The molecule has 0 spiro atoms. The molecule has 2 heterocycles. The second-order valence-corrected chi connectivity index (χ2v) is 8.45. The van der Waals surface area contributed by atoms with E-state index in [4.69, 9.17) is 26.2 Å². The van der Waals surface area contributed by atoms with Gasteiger partial charge in [-0.05, 0) is 38.2 Å². The lowest BCUT2D eigenvalue weighted by atomic mass is 9.81. The summed E-state index contributed by atoms with van der Waals surface area (Å²) in [7, 11) is 4.18. The fourth-order valence-electron chi connectivity index (χ4n) is 3.94. The zero-order chi connectivity index (χ0) is 22.5. The van der Waals surface area contributed by atoms with Crippen molar-refractivity contribution in [3.8, 4) is 0 Å². The average molecular weight is 451 g/mol. The summed E-state index contributed by atoms with van der Waals surface area (Å²) in [6.07, 6.45) is -3.75. The van der Waals surface area contributed by atoms with E-state index in [1.54, 1.807) is 0 Å². The lowest BCUT2D eigenvalue weighted by Crippen LogP contribution is -2.41. The molecule has 1 aromatic carbocycles. The van der Waals surface area contributed by atoms with Crippen molar-refractivity contribution in [2.24, 2.45) is 11.3 Å². The lowest BCUT2D eigenvalue weighted by molar-refractivity contribution is -0.192. The fraction of sp³-hybridized carbons (Fsp3) is 0.600. The average Bonchev–Trinajstić information content (AvgIpc) is 3.16. The molecule has 0 aliphatic carbocycles. The Balaban J connectivity index is 0.000000396. The molecule has 3 rings (SSSR count). The standard InChI is InChI=1S/C18H25ClN2O2.C2HF3O2/c1-20(2)11-18-12-21(9-15(18)10-23-13-18)17(22)8-5-14-3-6-16(19)7-4-14;3-2(4,5)1(6)7/h3-4,6-7,15H,5,8-13H2,1-2H3;(H,6,7)/t15-,18+;/m1./s1. The Labute approximate surface area is 178 Å². The number of aliphatic carboxylic acids is 1. The molecule has 0 saturated carbocycles. The minimum absolute atomic E-state index is 0.124. The topological polar surface area (TPSA) is 70.1 Å². The van der Waals surface area contributed by atoms with Crippen LogP contribution in [0, 0.1) is 11.3 Å². The first kappa shape index (κ1) is 24.4. The fourth-order valence-corrected chi connectivity index (χ4v) is 4.06. The van der Waals surface area contributed by atoms with Crippen LogP contribution in [-0.2, 0) is 20.7 Å². The minimum atomic E-state index is -5.08. The Kier molecular flexibility index (Phi) is 8.13. The monoisotopic (exact) mass is 450 g/mol. The number of rotatable bonds is 5. The summed E-state index contributed by atoms with van der Waals surface area (Å²) in [5.41, 5.74) is 1.29. The van der Waals surface area contributed by atoms with E-state index in [1.807, 2.05) is 29.2 Å². The highest BCUT2D eigenvalue weighted by molar-refractivity contribution is 6.30. The number of nitrogens with zero attached hydrogens (tertiary/aromatic N) is 2. The van der Waals surface area contributed by atoms with Crippen LogP contribution < -0.4 is 0 Å². The van der Waals surface area contributed by atoms with Crippen molar-refractivity contribution in [2.45, 2.75) is 19.0 Å². The number of hydrogen-bond donors (Lipinski definition) is 1. The molecule has 2 fully saturated rings. The predicted octanol–water partition coefficient (Wildman–Crippen LogP) is 2.94. The third-order valence-corrected chi connectivity index (χ3v) is 5.54. The molecule has 1 amide bonds. The molecule has 2 aliphatic rings. The van der Waals surface area contributed by atoms with Gasteiger partial charge in [-0.15, -0.1) is 0 Å². The van der Waals surface area contributed by atoms with Gasteiger partial charge in [0.1, 0.15) is 0 Å². The van der Waals surface area contributed by atoms with Gasteiger partial charge >= 0.3 is 12.1 Å². The minimum Gasteiger partial charge on any atom is -0.475 e. The van der Waals surface area contributed by atoms with Crippen molar-refractivity contribution in [2.75, 3.05) is 46.9 Å². The van der Waals surface area contributed by atoms with E-state index in [1.165, 1.54) is 0 Å². The molecule has 6 nitrogen and oxygen atoms in total.